The molecule has 7 heteroatoms. The lowest BCUT2D eigenvalue weighted by Gasteiger charge is -2.16. The van der Waals surface area contributed by atoms with E-state index in [1.165, 1.54) is 0 Å². The van der Waals surface area contributed by atoms with Gasteiger partial charge in [0.25, 0.3) is 0 Å². The first-order chi connectivity index (χ1) is 16.2. The van der Waals surface area contributed by atoms with Crippen LogP contribution in [-0.4, -0.2) is 30.4 Å². The molecule has 0 aliphatic carbocycles. The van der Waals surface area contributed by atoms with Crippen LogP contribution < -0.4 is 10.1 Å². The molecule has 1 aromatic heterocycles. The summed E-state index contributed by atoms with van der Waals surface area (Å²) >= 11 is 6.31. The Balaban J connectivity index is 1.58. The fourth-order valence-electron chi connectivity index (χ4n) is 3.88. The zero-order chi connectivity index (χ0) is 24.7. The van der Waals surface area contributed by atoms with Crippen LogP contribution in [0.5, 0.6) is 5.75 Å². The van der Waals surface area contributed by atoms with Crippen molar-refractivity contribution in [2.45, 2.75) is 59.8 Å². The normalized spacial score (nSPS) is 11.6. The number of fused-ring (bicyclic) bond motifs is 1. The molecule has 1 N–H and O–H groups in total. The first-order valence-electron chi connectivity index (χ1n) is 11.7. The van der Waals surface area contributed by atoms with E-state index in [1.54, 1.807) is 12.1 Å². The Morgan fingerprint density at radius 3 is 2.71 bits per heavy atom. The molecule has 0 spiro atoms. The van der Waals surface area contributed by atoms with Gasteiger partial charge < -0.3 is 14.6 Å². The Morgan fingerprint density at radius 2 is 2.03 bits per heavy atom. The second kappa shape index (κ2) is 11.5. The Labute approximate surface area is 206 Å². The summed E-state index contributed by atoms with van der Waals surface area (Å²) in [6.07, 6.45) is 3.87. The van der Waals surface area contributed by atoms with Crippen molar-refractivity contribution >= 4 is 40.3 Å². The average molecular weight is 485 g/mol. The molecule has 3 rings (SSSR count). The summed E-state index contributed by atoms with van der Waals surface area (Å²) in [6.45, 7) is 9.95. The molecule has 0 unspecified atom stereocenters. The van der Waals surface area contributed by atoms with E-state index in [9.17, 15) is 9.59 Å². The van der Waals surface area contributed by atoms with E-state index in [0.717, 1.165) is 59.3 Å². The summed E-state index contributed by atoms with van der Waals surface area (Å²) in [6, 6.07) is 9.41. The van der Waals surface area contributed by atoms with E-state index in [-0.39, 0.29) is 11.8 Å². The maximum atomic E-state index is 11.3. The molecule has 0 aliphatic rings. The van der Waals surface area contributed by atoms with Gasteiger partial charge in [-0.2, -0.15) is 0 Å². The highest BCUT2D eigenvalue weighted by Crippen LogP contribution is 2.33. The number of Topliss-reactive ketones (excluding diaryl/α,β-unsaturated/α-hetero) is 1. The first-order valence-corrected chi connectivity index (χ1v) is 12.1. The standard InChI is InChI=1S/C27H33ClN2O4/c1-5-7-21-25(11-9-20-24(16-27(2,3)4)30-34-26(20)21)33-13-6-12-29-23-10-8-18(15-22(23)28)14-19(32)17-31/h8-11,15,17,29H,5-7,12-14,16H2,1-4H3. The summed E-state index contributed by atoms with van der Waals surface area (Å²) < 4.78 is 11.9. The van der Waals surface area contributed by atoms with E-state index in [0.29, 0.717) is 30.0 Å². The number of carbonyl (C=O) groups is 2. The van der Waals surface area contributed by atoms with E-state index in [2.05, 4.69) is 44.2 Å². The van der Waals surface area contributed by atoms with E-state index < -0.39 is 5.78 Å². The number of aldehydes is 1. The molecular formula is C27H33ClN2O4. The zero-order valence-corrected chi connectivity index (χ0v) is 21.1. The molecule has 1 heterocycles. The number of carbonyl (C=O) groups excluding carboxylic acids is 2. The minimum Gasteiger partial charge on any atom is -0.493 e. The van der Waals surface area contributed by atoms with Gasteiger partial charge in [-0.05, 0) is 54.5 Å². The molecule has 2 aromatic carbocycles. The van der Waals surface area contributed by atoms with Crippen molar-refractivity contribution in [3.05, 3.63) is 52.2 Å². The molecular weight excluding hydrogens is 452 g/mol. The molecule has 0 fully saturated rings. The van der Waals surface area contributed by atoms with Gasteiger partial charge in [0, 0.05) is 23.9 Å². The summed E-state index contributed by atoms with van der Waals surface area (Å²) in [5.74, 6) is 0.375. The van der Waals surface area contributed by atoms with Crippen LogP contribution in [0.1, 0.15) is 57.4 Å². The quantitative estimate of drug-likeness (QED) is 0.187. The van der Waals surface area contributed by atoms with Gasteiger partial charge >= 0.3 is 0 Å². The third-order valence-electron chi connectivity index (χ3n) is 5.41. The molecule has 34 heavy (non-hydrogen) atoms. The number of hydrogen-bond donors (Lipinski definition) is 1. The monoisotopic (exact) mass is 484 g/mol. The van der Waals surface area contributed by atoms with Gasteiger partial charge in [-0.3, -0.25) is 9.59 Å². The highest BCUT2D eigenvalue weighted by molar-refractivity contribution is 6.33. The Morgan fingerprint density at radius 1 is 1.24 bits per heavy atom. The molecule has 6 nitrogen and oxygen atoms in total. The summed E-state index contributed by atoms with van der Waals surface area (Å²) in [5.41, 5.74) is 4.53. The summed E-state index contributed by atoms with van der Waals surface area (Å²) in [5, 5.41) is 9.23. The number of anilines is 1. The van der Waals surface area contributed by atoms with Crippen molar-refractivity contribution in [1.82, 2.24) is 5.16 Å². The smallest absolute Gasteiger partial charge is 0.199 e. The maximum Gasteiger partial charge on any atom is 0.199 e. The van der Waals surface area contributed by atoms with Crippen LogP contribution >= 0.6 is 11.6 Å². The van der Waals surface area contributed by atoms with Gasteiger partial charge in [0.1, 0.15) is 5.75 Å². The topological polar surface area (TPSA) is 81.4 Å². The van der Waals surface area contributed by atoms with Crippen LogP contribution in [0.4, 0.5) is 5.69 Å². The number of benzene rings is 2. The van der Waals surface area contributed by atoms with E-state index in [4.69, 9.17) is 20.9 Å². The average Bonchev–Trinajstić information content (AvgIpc) is 3.17. The van der Waals surface area contributed by atoms with Gasteiger partial charge in [0.15, 0.2) is 17.7 Å². The largest absolute Gasteiger partial charge is 0.493 e. The van der Waals surface area contributed by atoms with Crippen molar-refractivity contribution < 1.29 is 18.8 Å². The number of aromatic nitrogens is 1. The SMILES string of the molecule is CCCc1c(OCCCNc2ccc(CC(=O)C=O)cc2Cl)ccc2c(CC(C)(C)C)noc12. The molecule has 0 bridgehead atoms. The second-order valence-corrected chi connectivity index (χ2v) is 10.1. The number of nitrogens with one attached hydrogen (secondary N) is 1. The molecule has 3 aromatic rings. The van der Waals surface area contributed by atoms with Crippen molar-refractivity contribution in [3.8, 4) is 5.75 Å². The first kappa shape index (κ1) is 25.8. The lowest BCUT2D eigenvalue weighted by Crippen LogP contribution is -2.10. The van der Waals surface area contributed by atoms with Gasteiger partial charge in [-0.1, -0.05) is 56.9 Å². The van der Waals surface area contributed by atoms with Gasteiger partial charge in [-0.25, -0.2) is 0 Å². The van der Waals surface area contributed by atoms with Crippen molar-refractivity contribution in [2.24, 2.45) is 5.41 Å². The number of rotatable bonds is 12. The number of ketones is 1. The third-order valence-corrected chi connectivity index (χ3v) is 5.72. The number of nitrogens with zero attached hydrogens (tertiary/aromatic N) is 1. The molecule has 0 atom stereocenters. The second-order valence-electron chi connectivity index (χ2n) is 9.74. The summed E-state index contributed by atoms with van der Waals surface area (Å²) in [4.78, 5) is 21.8. The molecule has 0 radical (unpaired) electrons. The highest BCUT2D eigenvalue weighted by atomic mass is 35.5. The number of aryl methyl sites for hydroxylation is 1. The fourth-order valence-corrected chi connectivity index (χ4v) is 4.15. The molecule has 0 saturated carbocycles. The fraction of sp³-hybridized carbons (Fsp3) is 0.444. The minimum atomic E-state index is -0.467. The number of ether oxygens (including phenoxy) is 1. The van der Waals surface area contributed by atoms with Gasteiger partial charge in [0.2, 0.25) is 0 Å². The van der Waals surface area contributed by atoms with Crippen LogP contribution in [0.15, 0.2) is 34.9 Å². The Hall–Kier alpha value is -2.86. The molecule has 0 saturated heterocycles. The molecule has 0 amide bonds. The van der Waals surface area contributed by atoms with Crippen LogP contribution in [-0.2, 0) is 28.9 Å². The van der Waals surface area contributed by atoms with E-state index in [1.807, 2.05) is 12.1 Å². The van der Waals surface area contributed by atoms with Crippen LogP contribution in [0, 0.1) is 5.41 Å². The van der Waals surface area contributed by atoms with Crippen LogP contribution in [0.3, 0.4) is 0 Å². The van der Waals surface area contributed by atoms with Crippen molar-refractivity contribution in [1.29, 1.82) is 0 Å². The van der Waals surface area contributed by atoms with Gasteiger partial charge in [0.05, 0.1) is 23.0 Å². The lowest BCUT2D eigenvalue weighted by molar-refractivity contribution is -0.129. The number of hydrogen-bond acceptors (Lipinski definition) is 6. The summed E-state index contributed by atoms with van der Waals surface area (Å²) in [7, 11) is 0. The highest BCUT2D eigenvalue weighted by Gasteiger charge is 2.20. The van der Waals surface area contributed by atoms with E-state index >= 15 is 0 Å². The predicted octanol–water partition coefficient (Wildman–Crippen LogP) is 6.21. The predicted molar refractivity (Wildman–Crippen MR) is 136 cm³/mol. The van der Waals surface area contributed by atoms with Crippen LogP contribution in [0.25, 0.3) is 11.0 Å². The minimum absolute atomic E-state index is 0.0602. The third kappa shape index (κ3) is 6.83. The zero-order valence-electron chi connectivity index (χ0n) is 20.4. The van der Waals surface area contributed by atoms with Gasteiger partial charge in [-0.15, -0.1) is 0 Å². The maximum absolute atomic E-state index is 11.3. The Kier molecular flexibility index (Phi) is 8.72. The molecule has 0 aliphatic heterocycles. The van der Waals surface area contributed by atoms with Crippen molar-refractivity contribution in [3.63, 3.8) is 0 Å². The Bertz CT molecular complexity index is 1150. The van der Waals surface area contributed by atoms with Crippen molar-refractivity contribution in [2.75, 3.05) is 18.5 Å². The number of halogens is 1. The lowest BCUT2D eigenvalue weighted by atomic mass is 9.89. The molecule has 182 valence electrons. The van der Waals surface area contributed by atoms with Crippen LogP contribution in [0.2, 0.25) is 5.02 Å².